The van der Waals surface area contributed by atoms with E-state index in [4.69, 9.17) is 4.74 Å². The topological polar surface area (TPSA) is 81.1 Å². The van der Waals surface area contributed by atoms with Crippen molar-refractivity contribution in [1.29, 1.82) is 0 Å². The minimum absolute atomic E-state index is 0.235. The van der Waals surface area contributed by atoms with Crippen LogP contribution in [-0.4, -0.2) is 34.0 Å². The number of carbonyl (C=O) groups is 1. The van der Waals surface area contributed by atoms with Crippen molar-refractivity contribution in [3.05, 3.63) is 66.2 Å². The number of amides is 1. The molecule has 0 radical (unpaired) electrons. The van der Waals surface area contributed by atoms with Crippen LogP contribution in [0.2, 0.25) is 0 Å². The molecular weight excluding hydrogens is 361 g/mol. The molecule has 144 valence electrons. The van der Waals surface area contributed by atoms with Gasteiger partial charge in [-0.3, -0.25) is 4.79 Å². The molecule has 8 heteroatoms. The van der Waals surface area contributed by atoms with Gasteiger partial charge in [0.1, 0.15) is 11.6 Å². The Morgan fingerprint density at radius 3 is 2.82 bits per heavy atom. The zero-order valence-corrected chi connectivity index (χ0v) is 15.1. The Labute approximate surface area is 161 Å². The quantitative estimate of drug-likeness (QED) is 0.708. The molecule has 1 amide bonds. The van der Waals surface area contributed by atoms with Crippen molar-refractivity contribution in [3.8, 4) is 11.5 Å². The van der Waals surface area contributed by atoms with E-state index in [1.165, 1.54) is 12.1 Å². The van der Waals surface area contributed by atoms with Crippen molar-refractivity contribution in [3.63, 3.8) is 0 Å². The summed E-state index contributed by atoms with van der Waals surface area (Å²) in [5.74, 6) is -0.0187. The molecular formula is C20H20FN5O2. The second kappa shape index (κ2) is 8.18. The lowest BCUT2D eigenvalue weighted by Crippen LogP contribution is -2.29. The number of aromatic nitrogens is 3. The molecule has 28 heavy (non-hydrogen) atoms. The van der Waals surface area contributed by atoms with Crippen molar-refractivity contribution in [2.24, 2.45) is 0 Å². The number of benzene rings is 2. The summed E-state index contributed by atoms with van der Waals surface area (Å²) in [6.07, 6.45) is 3.57. The number of halogens is 1. The number of nitrogens with zero attached hydrogens (tertiary/aromatic N) is 3. The lowest BCUT2D eigenvalue weighted by Gasteiger charge is -2.22. The minimum atomic E-state index is -0.395. The Kier molecular flexibility index (Phi) is 5.29. The second-order valence-electron chi connectivity index (χ2n) is 6.57. The van der Waals surface area contributed by atoms with E-state index in [1.807, 2.05) is 0 Å². The lowest BCUT2D eigenvalue weighted by molar-refractivity contribution is 0.102. The van der Waals surface area contributed by atoms with Crippen LogP contribution in [0.1, 0.15) is 29.4 Å². The van der Waals surface area contributed by atoms with Gasteiger partial charge in [-0.15, -0.1) is 5.10 Å². The van der Waals surface area contributed by atoms with Crippen LogP contribution in [0, 0.1) is 5.82 Å². The first-order chi connectivity index (χ1) is 13.7. The maximum atomic E-state index is 13.4. The van der Waals surface area contributed by atoms with E-state index in [-0.39, 0.29) is 17.6 Å². The van der Waals surface area contributed by atoms with Gasteiger partial charge in [-0.2, -0.15) is 0 Å². The van der Waals surface area contributed by atoms with Gasteiger partial charge in [0.05, 0.1) is 17.9 Å². The summed E-state index contributed by atoms with van der Waals surface area (Å²) in [4.78, 5) is 12.6. The Balaban J connectivity index is 1.48. The third-order valence-corrected chi connectivity index (χ3v) is 4.58. The first kappa shape index (κ1) is 18.1. The van der Waals surface area contributed by atoms with Gasteiger partial charge in [-0.25, -0.2) is 9.07 Å². The summed E-state index contributed by atoms with van der Waals surface area (Å²) in [7, 11) is 0. The van der Waals surface area contributed by atoms with Gasteiger partial charge in [-0.1, -0.05) is 23.4 Å². The van der Waals surface area contributed by atoms with Gasteiger partial charge in [0.15, 0.2) is 11.4 Å². The Morgan fingerprint density at radius 2 is 2.00 bits per heavy atom. The van der Waals surface area contributed by atoms with Crippen LogP contribution in [0.5, 0.6) is 11.5 Å². The number of rotatable bonds is 5. The number of ether oxygens (including phenoxy) is 1. The molecule has 0 spiro atoms. The normalized spacial score (nSPS) is 14.6. The SMILES string of the molecule is O=C(Nc1ccccc1Oc1cccc(F)c1)c1cn(C2CCNCC2)nn1. The molecule has 2 aromatic carbocycles. The van der Waals surface area contributed by atoms with Gasteiger partial charge in [0, 0.05) is 6.07 Å². The van der Waals surface area contributed by atoms with Gasteiger partial charge in [0.2, 0.25) is 0 Å². The van der Waals surface area contributed by atoms with Crippen LogP contribution in [-0.2, 0) is 0 Å². The first-order valence-corrected chi connectivity index (χ1v) is 9.15. The highest BCUT2D eigenvalue weighted by Crippen LogP contribution is 2.30. The standard InChI is InChI=1S/C20H20FN5O2/c21-14-4-3-5-16(12-14)28-19-7-2-1-6-17(19)23-20(27)18-13-26(25-24-18)15-8-10-22-11-9-15/h1-7,12-13,15,22H,8-11H2,(H,23,27). The number of anilines is 1. The molecule has 4 rings (SSSR count). The summed E-state index contributed by atoms with van der Waals surface area (Å²) in [5, 5.41) is 14.2. The van der Waals surface area contributed by atoms with Crippen molar-refractivity contribution in [2.45, 2.75) is 18.9 Å². The fourth-order valence-electron chi connectivity index (χ4n) is 3.13. The third kappa shape index (κ3) is 4.17. The summed E-state index contributed by atoms with van der Waals surface area (Å²) < 4.78 is 20.9. The maximum absolute atomic E-state index is 13.4. The van der Waals surface area contributed by atoms with Crippen molar-refractivity contribution >= 4 is 11.6 Å². The van der Waals surface area contributed by atoms with Crippen LogP contribution >= 0.6 is 0 Å². The van der Waals surface area contributed by atoms with E-state index >= 15 is 0 Å². The second-order valence-corrected chi connectivity index (χ2v) is 6.57. The van der Waals surface area contributed by atoms with E-state index in [0.717, 1.165) is 25.9 Å². The van der Waals surface area contributed by atoms with Crippen LogP contribution in [0.3, 0.4) is 0 Å². The predicted octanol–water partition coefficient (Wildman–Crippen LogP) is 3.39. The number of hydrogen-bond acceptors (Lipinski definition) is 5. The molecule has 0 bridgehead atoms. The Bertz CT molecular complexity index is 968. The number of piperidine rings is 1. The van der Waals surface area contributed by atoms with Crippen LogP contribution in [0.4, 0.5) is 10.1 Å². The molecule has 1 aromatic heterocycles. The number of carbonyl (C=O) groups excluding carboxylic acids is 1. The highest BCUT2D eigenvalue weighted by atomic mass is 19.1. The lowest BCUT2D eigenvalue weighted by atomic mass is 10.1. The highest BCUT2D eigenvalue weighted by molar-refractivity contribution is 6.03. The fourth-order valence-corrected chi connectivity index (χ4v) is 3.13. The Hall–Kier alpha value is -3.26. The van der Waals surface area contributed by atoms with Crippen LogP contribution < -0.4 is 15.4 Å². The summed E-state index contributed by atoms with van der Waals surface area (Å²) in [6.45, 7) is 1.85. The van der Waals surface area contributed by atoms with E-state index < -0.39 is 5.82 Å². The fraction of sp³-hybridized carbons (Fsp3) is 0.250. The molecule has 0 unspecified atom stereocenters. The average molecular weight is 381 g/mol. The predicted molar refractivity (Wildman–Crippen MR) is 102 cm³/mol. The largest absolute Gasteiger partial charge is 0.455 e. The molecule has 2 N–H and O–H groups in total. The summed E-state index contributed by atoms with van der Waals surface area (Å²) in [6, 6.07) is 13.0. The molecule has 0 saturated carbocycles. The molecule has 1 aliphatic rings. The van der Waals surface area contributed by atoms with Crippen LogP contribution in [0.25, 0.3) is 0 Å². The molecule has 7 nitrogen and oxygen atoms in total. The summed E-state index contributed by atoms with van der Waals surface area (Å²) >= 11 is 0. The number of para-hydroxylation sites is 2. The zero-order chi connectivity index (χ0) is 19.3. The third-order valence-electron chi connectivity index (χ3n) is 4.58. The van der Waals surface area contributed by atoms with Crippen molar-refractivity contribution in [1.82, 2.24) is 20.3 Å². The van der Waals surface area contributed by atoms with Crippen molar-refractivity contribution < 1.29 is 13.9 Å². The molecule has 1 fully saturated rings. The number of nitrogens with one attached hydrogen (secondary N) is 2. The van der Waals surface area contributed by atoms with E-state index in [9.17, 15) is 9.18 Å². The maximum Gasteiger partial charge on any atom is 0.277 e. The van der Waals surface area contributed by atoms with Gasteiger partial charge < -0.3 is 15.4 Å². The molecule has 2 heterocycles. The molecule has 0 aliphatic carbocycles. The smallest absolute Gasteiger partial charge is 0.277 e. The van der Waals surface area contributed by atoms with Crippen LogP contribution in [0.15, 0.2) is 54.7 Å². The van der Waals surface area contributed by atoms with Gasteiger partial charge in [-0.05, 0) is 50.2 Å². The summed E-state index contributed by atoms with van der Waals surface area (Å²) in [5.41, 5.74) is 0.701. The van der Waals surface area contributed by atoms with Gasteiger partial charge >= 0.3 is 0 Å². The number of hydrogen-bond donors (Lipinski definition) is 2. The first-order valence-electron chi connectivity index (χ1n) is 9.15. The Morgan fingerprint density at radius 1 is 1.18 bits per heavy atom. The van der Waals surface area contributed by atoms with E-state index in [0.29, 0.717) is 17.2 Å². The van der Waals surface area contributed by atoms with E-state index in [1.54, 1.807) is 47.3 Å². The van der Waals surface area contributed by atoms with E-state index in [2.05, 4.69) is 20.9 Å². The zero-order valence-electron chi connectivity index (χ0n) is 15.1. The average Bonchev–Trinajstić information content (AvgIpc) is 3.21. The molecule has 1 aliphatic heterocycles. The molecule has 0 atom stereocenters. The molecule has 3 aromatic rings. The van der Waals surface area contributed by atoms with Gasteiger partial charge in [0.25, 0.3) is 5.91 Å². The minimum Gasteiger partial charge on any atom is -0.455 e. The molecule has 1 saturated heterocycles. The van der Waals surface area contributed by atoms with Crippen molar-refractivity contribution in [2.75, 3.05) is 18.4 Å². The highest BCUT2D eigenvalue weighted by Gasteiger charge is 2.19. The monoisotopic (exact) mass is 381 g/mol.